The van der Waals surface area contributed by atoms with Crippen LogP contribution in [0.2, 0.25) is 0 Å². The van der Waals surface area contributed by atoms with Crippen LogP contribution in [0.25, 0.3) is 0 Å². The van der Waals surface area contributed by atoms with E-state index in [1.807, 2.05) is 0 Å². The number of carbonyl (C=O) groups is 3. The minimum Gasteiger partial charge on any atom is -0.462 e. The summed E-state index contributed by atoms with van der Waals surface area (Å²) in [6.45, 7) is 6.39. The molecule has 0 aromatic heterocycles. The van der Waals surface area contributed by atoms with Gasteiger partial charge in [0.05, 0.1) is 0 Å². The first kappa shape index (κ1) is 65.1. The largest absolute Gasteiger partial charge is 0.462 e. The van der Waals surface area contributed by atoms with Crippen LogP contribution in [-0.2, 0) is 28.6 Å². The van der Waals surface area contributed by atoms with Gasteiger partial charge < -0.3 is 14.2 Å². The molecule has 0 spiro atoms. The average Bonchev–Trinajstić information content (AvgIpc) is 3.35. The fourth-order valence-corrected chi connectivity index (χ4v) is 7.52. The van der Waals surface area contributed by atoms with E-state index in [4.69, 9.17) is 14.2 Å². The molecule has 6 nitrogen and oxygen atoms in total. The van der Waals surface area contributed by atoms with Crippen LogP contribution in [0, 0.1) is 0 Å². The average molecular weight is 958 g/mol. The third kappa shape index (κ3) is 54.9. The third-order valence-corrected chi connectivity index (χ3v) is 11.7. The molecule has 6 heteroatoms. The molecule has 0 saturated carbocycles. The summed E-state index contributed by atoms with van der Waals surface area (Å²) in [5.41, 5.74) is 0. The minimum absolute atomic E-state index is 0.0853. The van der Waals surface area contributed by atoms with Gasteiger partial charge in [-0.2, -0.15) is 0 Å². The predicted octanol–water partition coefficient (Wildman–Crippen LogP) is 19.1. The van der Waals surface area contributed by atoms with Crippen LogP contribution in [0.5, 0.6) is 0 Å². The Hall–Kier alpha value is -3.93. The molecule has 0 heterocycles. The number of esters is 3. The lowest BCUT2D eigenvalue weighted by molar-refractivity contribution is -0.167. The standard InChI is InChI=1S/C63H104O6/c1-4-7-10-13-16-18-20-22-23-24-25-26-27-28-29-30-31-32-33-34-35-36-37-38-39-41-42-44-47-50-53-56-62(65)68-59-60(58-67-61(64)55-52-49-46-15-12-9-6-3)69-63(66)57-54-51-48-45-43-40-21-19-17-14-11-8-5-2/h7,10-11,14,16,18-19,21-23,25-26,28-29,31-32,34-35,60H,4-6,8-9,12-13,15,17,20,24,27,30,33,36-59H2,1-3H3/b10-7-,14-11-,18-16-,21-19-,23-22-,26-25-,29-28-,32-31-,35-34-. The van der Waals surface area contributed by atoms with Crippen molar-refractivity contribution < 1.29 is 28.6 Å². The fourth-order valence-electron chi connectivity index (χ4n) is 7.52. The van der Waals surface area contributed by atoms with Gasteiger partial charge in [0.25, 0.3) is 0 Å². The smallest absolute Gasteiger partial charge is 0.306 e. The van der Waals surface area contributed by atoms with Gasteiger partial charge in [0.2, 0.25) is 0 Å². The summed E-state index contributed by atoms with van der Waals surface area (Å²) in [4.78, 5) is 37.9. The van der Waals surface area contributed by atoms with E-state index in [9.17, 15) is 14.4 Å². The zero-order chi connectivity index (χ0) is 50.0. The van der Waals surface area contributed by atoms with Crippen LogP contribution < -0.4 is 0 Å². The highest BCUT2D eigenvalue weighted by atomic mass is 16.6. The van der Waals surface area contributed by atoms with Crippen LogP contribution in [0.1, 0.15) is 252 Å². The first-order chi connectivity index (χ1) is 34.0. The van der Waals surface area contributed by atoms with E-state index in [1.165, 1.54) is 70.6 Å². The summed E-state index contributed by atoms with van der Waals surface area (Å²) in [6, 6.07) is 0. The van der Waals surface area contributed by atoms with E-state index in [2.05, 4.69) is 130 Å². The second kappa shape index (κ2) is 56.7. The van der Waals surface area contributed by atoms with Crippen LogP contribution in [0.4, 0.5) is 0 Å². The highest BCUT2D eigenvalue weighted by molar-refractivity contribution is 5.71. The number of rotatable bonds is 50. The number of unbranched alkanes of at least 4 members (excludes halogenated alkanes) is 21. The van der Waals surface area contributed by atoms with Crippen molar-refractivity contribution in [3.05, 3.63) is 109 Å². The lowest BCUT2D eigenvalue weighted by atomic mass is 10.1. The highest BCUT2D eigenvalue weighted by Crippen LogP contribution is 2.14. The maximum absolute atomic E-state index is 12.8. The molecule has 69 heavy (non-hydrogen) atoms. The summed E-state index contributed by atoms with van der Waals surface area (Å²) < 4.78 is 16.7. The second-order valence-corrected chi connectivity index (χ2v) is 18.5. The minimum atomic E-state index is -0.785. The predicted molar refractivity (Wildman–Crippen MR) is 297 cm³/mol. The highest BCUT2D eigenvalue weighted by Gasteiger charge is 2.19. The normalized spacial score (nSPS) is 12.9. The van der Waals surface area contributed by atoms with Gasteiger partial charge in [-0.1, -0.05) is 239 Å². The van der Waals surface area contributed by atoms with Gasteiger partial charge in [0.1, 0.15) is 13.2 Å². The summed E-state index contributed by atoms with van der Waals surface area (Å²) in [5, 5.41) is 0. The van der Waals surface area contributed by atoms with Gasteiger partial charge in [-0.3, -0.25) is 14.4 Å². The maximum atomic E-state index is 12.8. The van der Waals surface area contributed by atoms with Crippen molar-refractivity contribution in [2.45, 2.75) is 258 Å². The topological polar surface area (TPSA) is 78.9 Å². The lowest BCUT2D eigenvalue weighted by Crippen LogP contribution is -2.30. The molecule has 0 radical (unpaired) electrons. The van der Waals surface area contributed by atoms with E-state index in [-0.39, 0.29) is 31.1 Å². The van der Waals surface area contributed by atoms with Crippen molar-refractivity contribution in [2.75, 3.05) is 13.2 Å². The zero-order valence-electron chi connectivity index (χ0n) is 44.8. The quantitative estimate of drug-likeness (QED) is 0.0262. The second-order valence-electron chi connectivity index (χ2n) is 18.5. The molecule has 0 fully saturated rings. The Kier molecular flexibility index (Phi) is 53.4. The van der Waals surface area contributed by atoms with Gasteiger partial charge in [-0.05, 0) is 103 Å². The molecule has 0 aliphatic rings. The molecule has 0 aliphatic carbocycles. The molecule has 0 saturated heterocycles. The van der Waals surface area contributed by atoms with Crippen molar-refractivity contribution in [1.29, 1.82) is 0 Å². The molecule has 392 valence electrons. The SMILES string of the molecule is CC/C=C\C/C=C\C/C=C\C/C=C\C/C=C\C/C=C\C/C=C\CCCCCCCCCCCC(=O)OCC(COC(=O)CCCCCCCCC)OC(=O)CCCCCCC/C=C\C/C=C\CCC. The Morgan fingerprint density at radius 1 is 0.304 bits per heavy atom. The van der Waals surface area contributed by atoms with Gasteiger partial charge in [-0.15, -0.1) is 0 Å². The first-order valence-corrected chi connectivity index (χ1v) is 28.4. The number of hydrogen-bond acceptors (Lipinski definition) is 6. The number of hydrogen-bond donors (Lipinski definition) is 0. The Morgan fingerprint density at radius 3 is 0.942 bits per heavy atom. The zero-order valence-corrected chi connectivity index (χ0v) is 44.8. The summed E-state index contributed by atoms with van der Waals surface area (Å²) in [5.74, 6) is -0.915. The number of ether oxygens (including phenoxy) is 3. The molecule has 1 atom stereocenters. The number of carbonyl (C=O) groups excluding carboxylic acids is 3. The molecule has 0 rings (SSSR count). The lowest BCUT2D eigenvalue weighted by Gasteiger charge is -2.18. The molecule has 0 N–H and O–H groups in total. The maximum Gasteiger partial charge on any atom is 0.306 e. The molecule has 0 aromatic rings. The van der Waals surface area contributed by atoms with Crippen molar-refractivity contribution >= 4 is 17.9 Å². The first-order valence-electron chi connectivity index (χ1n) is 28.4. The van der Waals surface area contributed by atoms with Crippen molar-refractivity contribution in [1.82, 2.24) is 0 Å². The molecule has 1 unspecified atom stereocenters. The van der Waals surface area contributed by atoms with E-state index in [1.54, 1.807) is 0 Å². The van der Waals surface area contributed by atoms with Crippen LogP contribution in [-0.4, -0.2) is 37.2 Å². The van der Waals surface area contributed by atoms with Crippen molar-refractivity contribution in [3.8, 4) is 0 Å². The Morgan fingerprint density at radius 2 is 0.594 bits per heavy atom. The van der Waals surface area contributed by atoms with Gasteiger partial charge in [0, 0.05) is 19.3 Å². The monoisotopic (exact) mass is 957 g/mol. The molecular formula is C63H104O6. The summed E-state index contributed by atoms with van der Waals surface area (Å²) in [6.07, 6.45) is 76.8. The molecule has 0 aliphatic heterocycles. The summed E-state index contributed by atoms with van der Waals surface area (Å²) in [7, 11) is 0. The molecule has 0 aromatic carbocycles. The van der Waals surface area contributed by atoms with Gasteiger partial charge in [0.15, 0.2) is 6.10 Å². The Labute approximate surface area is 425 Å². The molecular weight excluding hydrogens is 853 g/mol. The van der Waals surface area contributed by atoms with Gasteiger partial charge >= 0.3 is 17.9 Å². The van der Waals surface area contributed by atoms with Crippen molar-refractivity contribution in [3.63, 3.8) is 0 Å². The number of allylic oxidation sites excluding steroid dienone is 18. The Balaban J connectivity index is 4.13. The van der Waals surface area contributed by atoms with Crippen LogP contribution in [0.15, 0.2) is 109 Å². The van der Waals surface area contributed by atoms with E-state index < -0.39 is 6.10 Å². The van der Waals surface area contributed by atoms with E-state index in [0.29, 0.717) is 19.3 Å². The Bertz CT molecular complexity index is 1420. The van der Waals surface area contributed by atoms with Crippen molar-refractivity contribution in [2.24, 2.45) is 0 Å². The fraction of sp³-hybridized carbons (Fsp3) is 0.667. The van der Waals surface area contributed by atoms with Crippen LogP contribution >= 0.6 is 0 Å². The molecule has 0 bridgehead atoms. The molecule has 0 amide bonds. The summed E-state index contributed by atoms with van der Waals surface area (Å²) >= 11 is 0. The third-order valence-electron chi connectivity index (χ3n) is 11.7. The van der Waals surface area contributed by atoms with Gasteiger partial charge in [-0.25, -0.2) is 0 Å². The van der Waals surface area contributed by atoms with E-state index in [0.717, 1.165) is 141 Å². The van der Waals surface area contributed by atoms with E-state index >= 15 is 0 Å². The van der Waals surface area contributed by atoms with Crippen LogP contribution in [0.3, 0.4) is 0 Å².